The van der Waals surface area contributed by atoms with Crippen LogP contribution in [0.15, 0.2) is 4.90 Å². The van der Waals surface area contributed by atoms with Crippen LogP contribution in [0.3, 0.4) is 0 Å². The van der Waals surface area contributed by atoms with Crippen LogP contribution in [0.1, 0.15) is 34.2 Å². The summed E-state index contributed by atoms with van der Waals surface area (Å²) in [7, 11) is -7.18. The van der Waals surface area contributed by atoms with Crippen molar-refractivity contribution in [1.82, 2.24) is 10.3 Å². The molecule has 9 heteroatoms. The van der Waals surface area contributed by atoms with Crippen molar-refractivity contribution in [2.24, 2.45) is 5.92 Å². The zero-order valence-corrected chi connectivity index (χ0v) is 16.7. The first-order chi connectivity index (χ1) is 11.4. The molecule has 1 aromatic rings. The molecule has 0 unspecified atom stereocenters. The third-order valence-electron chi connectivity index (χ3n) is 5.11. The van der Waals surface area contributed by atoms with Gasteiger partial charge in [0.25, 0.3) is 10.0 Å². The standard InChI is InChI=1S/C16H24N2O5S2/c1-9-10(2)12(4)15(13(5)11(9)3)25(22,23)18-17-16(19)14-6-7-24(20,21)8-14/h14,18H,6-8H2,1-5H3,(H,17,19)/t14-/m0/s1. The predicted molar refractivity (Wildman–Crippen MR) is 95.4 cm³/mol. The molecule has 0 saturated carbocycles. The lowest BCUT2D eigenvalue weighted by atomic mass is 9.95. The third kappa shape index (κ3) is 3.88. The van der Waals surface area contributed by atoms with Gasteiger partial charge in [-0.3, -0.25) is 10.2 Å². The third-order valence-corrected chi connectivity index (χ3v) is 8.40. The first kappa shape index (κ1) is 19.9. The van der Waals surface area contributed by atoms with Gasteiger partial charge in [0.05, 0.1) is 22.3 Å². The number of sulfonamides is 1. The summed E-state index contributed by atoms with van der Waals surface area (Å²) in [6, 6.07) is 0. The topological polar surface area (TPSA) is 109 Å². The Balaban J connectivity index is 2.25. The fourth-order valence-electron chi connectivity index (χ4n) is 3.14. The molecule has 25 heavy (non-hydrogen) atoms. The van der Waals surface area contributed by atoms with Gasteiger partial charge in [-0.1, -0.05) is 0 Å². The van der Waals surface area contributed by atoms with Gasteiger partial charge in [-0.15, -0.1) is 4.83 Å². The quantitative estimate of drug-likeness (QED) is 0.747. The number of hydrazine groups is 1. The fourth-order valence-corrected chi connectivity index (χ4v) is 6.33. The predicted octanol–water partition coefficient (Wildman–Crippen LogP) is 0.973. The molecule has 7 nitrogen and oxygen atoms in total. The molecular weight excluding hydrogens is 364 g/mol. The number of rotatable bonds is 4. The van der Waals surface area contributed by atoms with Crippen LogP contribution in [0.4, 0.5) is 0 Å². The van der Waals surface area contributed by atoms with Crippen molar-refractivity contribution < 1.29 is 21.6 Å². The molecule has 140 valence electrons. The Morgan fingerprint density at radius 3 is 1.88 bits per heavy atom. The monoisotopic (exact) mass is 388 g/mol. The lowest BCUT2D eigenvalue weighted by Crippen LogP contribution is -2.45. The Kier molecular flexibility index (Phi) is 5.32. The summed E-state index contributed by atoms with van der Waals surface area (Å²) >= 11 is 0. The van der Waals surface area contributed by atoms with Crippen molar-refractivity contribution in [3.8, 4) is 0 Å². The summed E-state index contributed by atoms with van der Waals surface area (Å²) in [6.45, 7) is 9.12. The van der Waals surface area contributed by atoms with Crippen LogP contribution in [-0.2, 0) is 24.7 Å². The minimum atomic E-state index is -3.97. The molecular formula is C16H24N2O5S2. The minimum Gasteiger partial charge on any atom is -0.277 e. The van der Waals surface area contributed by atoms with Crippen LogP contribution in [0.5, 0.6) is 0 Å². The van der Waals surface area contributed by atoms with Gasteiger partial charge in [-0.05, 0) is 68.9 Å². The van der Waals surface area contributed by atoms with E-state index in [0.717, 1.165) is 16.7 Å². The van der Waals surface area contributed by atoms with E-state index in [9.17, 15) is 21.6 Å². The molecule has 1 aromatic carbocycles. The second kappa shape index (κ2) is 6.69. The van der Waals surface area contributed by atoms with E-state index in [1.807, 2.05) is 20.8 Å². The number of carbonyl (C=O) groups is 1. The van der Waals surface area contributed by atoms with E-state index in [1.165, 1.54) is 0 Å². The van der Waals surface area contributed by atoms with Crippen LogP contribution < -0.4 is 10.3 Å². The molecule has 0 radical (unpaired) electrons. The van der Waals surface area contributed by atoms with Crippen molar-refractivity contribution in [3.63, 3.8) is 0 Å². The number of hydrogen-bond acceptors (Lipinski definition) is 5. The molecule has 1 aliphatic heterocycles. The van der Waals surface area contributed by atoms with Gasteiger partial charge in [0, 0.05) is 0 Å². The van der Waals surface area contributed by atoms with E-state index in [1.54, 1.807) is 13.8 Å². The molecule has 1 heterocycles. The molecule has 1 atom stereocenters. The zero-order chi connectivity index (χ0) is 19.2. The maximum absolute atomic E-state index is 12.7. The Bertz CT molecular complexity index is 905. The average molecular weight is 389 g/mol. The molecule has 1 fully saturated rings. The maximum atomic E-state index is 12.7. The van der Waals surface area contributed by atoms with Crippen LogP contribution in [-0.4, -0.2) is 34.2 Å². The van der Waals surface area contributed by atoms with Gasteiger partial charge in [-0.2, -0.15) is 0 Å². The lowest BCUT2D eigenvalue weighted by Gasteiger charge is -2.19. The molecule has 1 aliphatic rings. The van der Waals surface area contributed by atoms with Crippen molar-refractivity contribution in [2.45, 2.75) is 45.9 Å². The molecule has 2 rings (SSSR count). The van der Waals surface area contributed by atoms with Crippen LogP contribution >= 0.6 is 0 Å². The zero-order valence-electron chi connectivity index (χ0n) is 15.1. The van der Waals surface area contributed by atoms with Crippen LogP contribution in [0, 0.1) is 40.5 Å². The number of amides is 1. The Hall–Kier alpha value is -1.45. The fraction of sp³-hybridized carbons (Fsp3) is 0.562. The van der Waals surface area contributed by atoms with Crippen molar-refractivity contribution in [1.29, 1.82) is 0 Å². The van der Waals surface area contributed by atoms with Crippen molar-refractivity contribution in [2.75, 3.05) is 11.5 Å². The normalized spacial score (nSPS) is 19.8. The molecule has 0 aliphatic carbocycles. The summed E-state index contributed by atoms with van der Waals surface area (Å²) in [6.07, 6.45) is 0.205. The summed E-state index contributed by atoms with van der Waals surface area (Å²) in [5.74, 6) is -1.65. The van der Waals surface area contributed by atoms with Crippen molar-refractivity contribution >= 4 is 25.8 Å². The first-order valence-electron chi connectivity index (χ1n) is 7.96. The summed E-state index contributed by atoms with van der Waals surface area (Å²) in [5.41, 5.74) is 6.24. The van der Waals surface area contributed by atoms with E-state index >= 15 is 0 Å². The number of carbonyl (C=O) groups excluding carboxylic acids is 1. The van der Waals surface area contributed by atoms with Gasteiger partial charge in [-0.25, -0.2) is 16.8 Å². The van der Waals surface area contributed by atoms with Crippen LogP contribution in [0.25, 0.3) is 0 Å². The average Bonchev–Trinajstić information content (AvgIpc) is 2.89. The lowest BCUT2D eigenvalue weighted by molar-refractivity contribution is -0.124. The summed E-state index contributed by atoms with van der Waals surface area (Å²) in [4.78, 5) is 14.3. The van der Waals surface area contributed by atoms with E-state index in [2.05, 4.69) is 10.3 Å². The van der Waals surface area contributed by atoms with Gasteiger partial charge in [0.1, 0.15) is 0 Å². The minimum absolute atomic E-state index is 0.0492. The first-order valence-corrected chi connectivity index (χ1v) is 11.3. The summed E-state index contributed by atoms with van der Waals surface area (Å²) < 4.78 is 48.3. The second-order valence-electron chi connectivity index (χ2n) is 6.65. The van der Waals surface area contributed by atoms with Gasteiger partial charge in [0.2, 0.25) is 5.91 Å². The highest BCUT2D eigenvalue weighted by atomic mass is 32.2. The largest absolute Gasteiger partial charge is 0.277 e. The number of benzene rings is 1. The molecule has 1 saturated heterocycles. The van der Waals surface area contributed by atoms with Crippen molar-refractivity contribution in [3.05, 3.63) is 27.8 Å². The second-order valence-corrected chi connectivity index (χ2v) is 10.5. The SMILES string of the molecule is Cc1c(C)c(C)c(S(=O)(=O)NNC(=O)[C@H]2CCS(=O)(=O)C2)c(C)c1C. The Morgan fingerprint density at radius 1 is 0.960 bits per heavy atom. The smallest absolute Gasteiger partial charge is 0.257 e. The molecule has 0 spiro atoms. The number of sulfone groups is 1. The molecule has 0 aromatic heterocycles. The van der Waals surface area contributed by atoms with E-state index < -0.39 is 31.7 Å². The Morgan fingerprint density at radius 2 is 1.44 bits per heavy atom. The molecule has 1 amide bonds. The van der Waals surface area contributed by atoms with Crippen LogP contribution in [0.2, 0.25) is 0 Å². The number of hydrogen-bond donors (Lipinski definition) is 2. The number of nitrogens with one attached hydrogen (secondary N) is 2. The molecule has 0 bridgehead atoms. The highest BCUT2D eigenvalue weighted by molar-refractivity contribution is 7.91. The van der Waals surface area contributed by atoms with E-state index in [0.29, 0.717) is 11.1 Å². The van der Waals surface area contributed by atoms with Gasteiger partial charge < -0.3 is 0 Å². The highest BCUT2D eigenvalue weighted by Crippen LogP contribution is 2.29. The highest BCUT2D eigenvalue weighted by Gasteiger charge is 2.34. The Labute approximate surface area is 149 Å². The van der Waals surface area contributed by atoms with Gasteiger partial charge >= 0.3 is 0 Å². The van der Waals surface area contributed by atoms with E-state index in [-0.39, 0.29) is 22.8 Å². The summed E-state index contributed by atoms with van der Waals surface area (Å²) in [5, 5.41) is 0. The maximum Gasteiger partial charge on any atom is 0.257 e. The molecule has 2 N–H and O–H groups in total. The van der Waals surface area contributed by atoms with Gasteiger partial charge in [0.15, 0.2) is 9.84 Å². The van der Waals surface area contributed by atoms with E-state index in [4.69, 9.17) is 0 Å².